The van der Waals surface area contributed by atoms with Gasteiger partial charge in [-0.1, -0.05) is 29.8 Å². The van der Waals surface area contributed by atoms with E-state index in [1.54, 1.807) is 48.5 Å². The Bertz CT molecular complexity index is 1390. The second kappa shape index (κ2) is 9.07. The van der Waals surface area contributed by atoms with E-state index in [-0.39, 0.29) is 10.8 Å². The maximum atomic E-state index is 12.9. The number of para-hydroxylation sites is 2. The van der Waals surface area contributed by atoms with Crippen LogP contribution in [0.3, 0.4) is 0 Å². The molecule has 4 aromatic rings. The lowest BCUT2D eigenvalue weighted by Gasteiger charge is -2.20. The fourth-order valence-electron chi connectivity index (χ4n) is 3.69. The second-order valence-corrected chi connectivity index (χ2v) is 9.86. The van der Waals surface area contributed by atoms with Crippen LogP contribution in [-0.4, -0.2) is 37.5 Å². The Morgan fingerprint density at radius 3 is 2.33 bits per heavy atom. The van der Waals surface area contributed by atoms with Gasteiger partial charge in [-0.3, -0.25) is 9.10 Å². The highest BCUT2D eigenvalue weighted by Gasteiger charge is 2.21. The molecule has 0 radical (unpaired) electrons. The molecule has 0 fully saturated rings. The van der Waals surface area contributed by atoms with Crippen LogP contribution in [0.4, 0.5) is 5.69 Å². The van der Waals surface area contributed by atoms with Gasteiger partial charge in [-0.05, 0) is 62.4 Å². The molecular formula is C25H26N4O3S. The van der Waals surface area contributed by atoms with E-state index in [4.69, 9.17) is 0 Å². The van der Waals surface area contributed by atoms with Crippen molar-refractivity contribution in [3.63, 3.8) is 0 Å². The summed E-state index contributed by atoms with van der Waals surface area (Å²) < 4.78 is 29.0. The first-order chi connectivity index (χ1) is 15.8. The number of amides is 1. The van der Waals surface area contributed by atoms with Gasteiger partial charge >= 0.3 is 0 Å². The standard InChI is InChI=1S/C25H26N4O3S/c1-18-8-14-22(15-9-18)33(31,32)28(3)21-12-10-20(11-13-21)25(30)26-16-17-29-19(2)27-23-6-4-5-7-24(23)29/h4-15H,16-17H2,1-3H3,(H,26,30). The van der Waals surface area contributed by atoms with Crippen LogP contribution >= 0.6 is 0 Å². The molecule has 170 valence electrons. The largest absolute Gasteiger partial charge is 0.350 e. The van der Waals surface area contributed by atoms with Crippen LogP contribution in [0.15, 0.2) is 77.7 Å². The molecule has 1 aromatic heterocycles. The molecule has 4 rings (SSSR count). The van der Waals surface area contributed by atoms with Gasteiger partial charge in [0.15, 0.2) is 0 Å². The zero-order valence-corrected chi connectivity index (χ0v) is 19.6. The molecule has 0 aliphatic carbocycles. The van der Waals surface area contributed by atoms with Crippen molar-refractivity contribution in [3.8, 4) is 0 Å². The highest BCUT2D eigenvalue weighted by Crippen LogP contribution is 2.23. The lowest BCUT2D eigenvalue weighted by molar-refractivity contribution is 0.0952. The molecule has 0 bridgehead atoms. The predicted molar refractivity (Wildman–Crippen MR) is 130 cm³/mol. The summed E-state index contributed by atoms with van der Waals surface area (Å²) in [4.78, 5) is 17.3. The molecule has 33 heavy (non-hydrogen) atoms. The van der Waals surface area contributed by atoms with Crippen molar-refractivity contribution in [1.29, 1.82) is 0 Å². The van der Waals surface area contributed by atoms with E-state index in [1.807, 2.05) is 38.1 Å². The molecule has 0 saturated heterocycles. The number of imidazole rings is 1. The number of hydrogen-bond acceptors (Lipinski definition) is 4. The summed E-state index contributed by atoms with van der Waals surface area (Å²) in [6.07, 6.45) is 0. The lowest BCUT2D eigenvalue weighted by Crippen LogP contribution is -2.28. The Balaban J connectivity index is 1.40. The second-order valence-electron chi connectivity index (χ2n) is 7.89. The van der Waals surface area contributed by atoms with Crippen molar-refractivity contribution in [2.24, 2.45) is 0 Å². The SMILES string of the molecule is Cc1ccc(S(=O)(=O)N(C)c2ccc(C(=O)NCCn3c(C)nc4ccccc43)cc2)cc1. The molecule has 8 heteroatoms. The topological polar surface area (TPSA) is 84.3 Å². The maximum Gasteiger partial charge on any atom is 0.264 e. The van der Waals surface area contributed by atoms with E-state index in [0.717, 1.165) is 22.4 Å². The van der Waals surface area contributed by atoms with Gasteiger partial charge in [0.1, 0.15) is 5.82 Å². The Morgan fingerprint density at radius 2 is 1.64 bits per heavy atom. The van der Waals surface area contributed by atoms with Crippen molar-refractivity contribution in [1.82, 2.24) is 14.9 Å². The molecule has 0 aliphatic rings. The normalized spacial score (nSPS) is 11.5. The third-order valence-corrected chi connectivity index (χ3v) is 7.44. The number of benzene rings is 3. The zero-order valence-electron chi connectivity index (χ0n) is 18.8. The third-order valence-electron chi connectivity index (χ3n) is 5.64. The maximum absolute atomic E-state index is 12.9. The molecule has 0 spiro atoms. The molecule has 1 N–H and O–H groups in total. The minimum absolute atomic E-state index is 0.215. The minimum Gasteiger partial charge on any atom is -0.350 e. The van der Waals surface area contributed by atoms with Gasteiger partial charge in [-0.25, -0.2) is 13.4 Å². The Hall–Kier alpha value is -3.65. The predicted octanol–water partition coefficient (Wildman–Crippen LogP) is 3.91. The van der Waals surface area contributed by atoms with Crippen LogP contribution in [-0.2, 0) is 16.6 Å². The van der Waals surface area contributed by atoms with Crippen LogP contribution in [0.25, 0.3) is 11.0 Å². The summed E-state index contributed by atoms with van der Waals surface area (Å²) in [5.41, 5.74) is 3.90. The number of nitrogens with zero attached hydrogens (tertiary/aromatic N) is 3. The molecule has 7 nitrogen and oxygen atoms in total. The Kier molecular flexibility index (Phi) is 6.20. The van der Waals surface area contributed by atoms with Crippen LogP contribution in [0, 0.1) is 13.8 Å². The first kappa shape index (κ1) is 22.5. The van der Waals surface area contributed by atoms with Crippen molar-refractivity contribution in [2.75, 3.05) is 17.9 Å². The van der Waals surface area contributed by atoms with Crippen LogP contribution in [0.1, 0.15) is 21.7 Å². The van der Waals surface area contributed by atoms with Crippen molar-refractivity contribution in [2.45, 2.75) is 25.3 Å². The number of nitrogens with one attached hydrogen (secondary N) is 1. The van der Waals surface area contributed by atoms with E-state index in [0.29, 0.717) is 24.3 Å². The highest BCUT2D eigenvalue weighted by molar-refractivity contribution is 7.92. The van der Waals surface area contributed by atoms with Gasteiger partial charge in [0.05, 0.1) is 21.6 Å². The number of fused-ring (bicyclic) bond motifs is 1. The Labute approximate surface area is 193 Å². The molecule has 0 aliphatic heterocycles. The number of rotatable bonds is 7. The smallest absolute Gasteiger partial charge is 0.264 e. The summed E-state index contributed by atoms with van der Waals surface area (Å²) >= 11 is 0. The molecular weight excluding hydrogens is 436 g/mol. The summed E-state index contributed by atoms with van der Waals surface area (Å²) in [5.74, 6) is 0.681. The lowest BCUT2D eigenvalue weighted by atomic mass is 10.2. The van der Waals surface area contributed by atoms with Crippen molar-refractivity contribution >= 4 is 32.7 Å². The van der Waals surface area contributed by atoms with E-state index in [9.17, 15) is 13.2 Å². The van der Waals surface area contributed by atoms with Crippen molar-refractivity contribution in [3.05, 3.63) is 89.7 Å². The molecule has 1 amide bonds. The van der Waals surface area contributed by atoms with Crippen molar-refractivity contribution < 1.29 is 13.2 Å². The van der Waals surface area contributed by atoms with Gasteiger partial charge in [0.2, 0.25) is 0 Å². The number of anilines is 1. The summed E-state index contributed by atoms with van der Waals surface area (Å²) in [5, 5.41) is 2.92. The third kappa shape index (κ3) is 4.61. The first-order valence-corrected chi connectivity index (χ1v) is 12.1. The van der Waals surface area contributed by atoms with E-state index < -0.39 is 10.0 Å². The fourth-order valence-corrected chi connectivity index (χ4v) is 4.89. The van der Waals surface area contributed by atoms with Gasteiger partial charge in [0, 0.05) is 25.7 Å². The van der Waals surface area contributed by atoms with Gasteiger partial charge in [-0.2, -0.15) is 0 Å². The monoisotopic (exact) mass is 462 g/mol. The van der Waals surface area contributed by atoms with E-state index >= 15 is 0 Å². The first-order valence-electron chi connectivity index (χ1n) is 10.6. The van der Waals surface area contributed by atoms with Gasteiger partial charge in [0.25, 0.3) is 15.9 Å². The van der Waals surface area contributed by atoms with Crippen LogP contribution in [0.5, 0.6) is 0 Å². The quantitative estimate of drug-likeness (QED) is 0.451. The van der Waals surface area contributed by atoms with Gasteiger partial charge < -0.3 is 9.88 Å². The van der Waals surface area contributed by atoms with Crippen LogP contribution in [0.2, 0.25) is 0 Å². The molecule has 3 aromatic carbocycles. The zero-order chi connectivity index (χ0) is 23.6. The number of carbonyl (C=O) groups excluding carboxylic acids is 1. The number of aromatic nitrogens is 2. The summed E-state index contributed by atoms with van der Waals surface area (Å²) in [6, 6.07) is 21.1. The van der Waals surface area contributed by atoms with Crippen LogP contribution < -0.4 is 9.62 Å². The summed E-state index contributed by atoms with van der Waals surface area (Å²) in [6.45, 7) is 4.90. The summed E-state index contributed by atoms with van der Waals surface area (Å²) in [7, 11) is -2.18. The number of hydrogen-bond donors (Lipinski definition) is 1. The average Bonchev–Trinajstić information content (AvgIpc) is 3.14. The number of aryl methyl sites for hydroxylation is 2. The Morgan fingerprint density at radius 1 is 0.970 bits per heavy atom. The fraction of sp³-hybridized carbons (Fsp3) is 0.200. The number of sulfonamides is 1. The highest BCUT2D eigenvalue weighted by atomic mass is 32.2. The van der Waals surface area contributed by atoms with E-state index in [2.05, 4.69) is 14.9 Å². The minimum atomic E-state index is -3.68. The molecule has 1 heterocycles. The number of carbonyl (C=O) groups is 1. The molecule has 0 saturated carbocycles. The molecule has 0 unspecified atom stereocenters. The van der Waals surface area contributed by atoms with Gasteiger partial charge in [-0.15, -0.1) is 0 Å². The average molecular weight is 463 g/mol. The molecule has 0 atom stereocenters. The van der Waals surface area contributed by atoms with E-state index in [1.165, 1.54) is 11.4 Å².